The van der Waals surface area contributed by atoms with E-state index in [1.54, 1.807) is 0 Å². The lowest BCUT2D eigenvalue weighted by atomic mass is 9.94. The Balaban J connectivity index is 2.01. The van der Waals surface area contributed by atoms with Gasteiger partial charge >= 0.3 is 5.97 Å². The number of fused-ring (bicyclic) bond motifs is 1. The molecule has 1 aliphatic heterocycles. The first-order valence-corrected chi connectivity index (χ1v) is 7.68. The Morgan fingerprint density at radius 2 is 2.19 bits per heavy atom. The van der Waals surface area contributed by atoms with Crippen LogP contribution in [0.15, 0.2) is 6.07 Å². The Morgan fingerprint density at radius 3 is 2.86 bits per heavy atom. The zero-order chi connectivity index (χ0) is 15.0. The average Bonchev–Trinajstić information content (AvgIpc) is 2.91. The van der Waals surface area contributed by atoms with E-state index >= 15 is 0 Å². The first-order valence-electron chi connectivity index (χ1n) is 7.68. The van der Waals surface area contributed by atoms with E-state index in [1.807, 2.05) is 24.9 Å². The molecule has 3 rings (SSSR count). The van der Waals surface area contributed by atoms with E-state index in [1.165, 1.54) is 0 Å². The number of hydrogen-bond donors (Lipinski definition) is 1. The number of likely N-dealkylation sites (N-methyl/N-ethyl adjacent to an activating group) is 1. The van der Waals surface area contributed by atoms with Crippen molar-refractivity contribution in [3.63, 3.8) is 0 Å². The fourth-order valence-electron chi connectivity index (χ4n) is 3.44. The van der Waals surface area contributed by atoms with E-state index in [9.17, 15) is 9.90 Å². The fraction of sp³-hybridized carbons (Fsp3) is 0.625. The third-order valence-corrected chi connectivity index (χ3v) is 4.68. The van der Waals surface area contributed by atoms with Gasteiger partial charge in [0.2, 0.25) is 0 Å². The van der Waals surface area contributed by atoms with Gasteiger partial charge in [-0.15, -0.1) is 0 Å². The molecule has 2 aliphatic rings. The molecule has 0 bridgehead atoms. The lowest BCUT2D eigenvalue weighted by Crippen LogP contribution is -2.38. The predicted octanol–water partition coefficient (Wildman–Crippen LogP) is 2.27. The highest BCUT2D eigenvalue weighted by Crippen LogP contribution is 2.30. The molecular weight excluding hydrogens is 268 g/mol. The number of hydrogen-bond acceptors (Lipinski definition) is 4. The van der Waals surface area contributed by atoms with Gasteiger partial charge in [0.1, 0.15) is 11.4 Å². The number of carboxylic acids is 1. The molecule has 0 spiro atoms. The van der Waals surface area contributed by atoms with Crippen LogP contribution < -0.4 is 4.90 Å². The minimum absolute atomic E-state index is 0.106. The molecule has 0 aromatic carbocycles. The highest BCUT2D eigenvalue weighted by atomic mass is 16.5. The molecule has 2 heterocycles. The van der Waals surface area contributed by atoms with Crippen LogP contribution >= 0.6 is 0 Å². The number of carboxylic acid groups (broad SMARTS) is 1. The Labute approximate surface area is 124 Å². The molecule has 1 fully saturated rings. The standard InChI is InChI=1S/C16H22N2O3/c1-10-14(7-8-21-10)18(2)15-12(16(19)20)9-11-5-3-4-6-13(11)17-15/h9-10,14H,3-8H2,1-2H3,(H,19,20). The second-order valence-corrected chi connectivity index (χ2v) is 6.02. The molecule has 1 aliphatic carbocycles. The van der Waals surface area contributed by atoms with Gasteiger partial charge < -0.3 is 14.7 Å². The quantitative estimate of drug-likeness (QED) is 0.925. The van der Waals surface area contributed by atoms with E-state index in [-0.39, 0.29) is 12.1 Å². The first-order chi connectivity index (χ1) is 10.1. The summed E-state index contributed by atoms with van der Waals surface area (Å²) in [4.78, 5) is 18.3. The van der Waals surface area contributed by atoms with Crippen LogP contribution in [0.1, 0.15) is 47.8 Å². The number of aromatic carboxylic acids is 1. The maximum atomic E-state index is 11.6. The summed E-state index contributed by atoms with van der Waals surface area (Å²) < 4.78 is 5.60. The average molecular weight is 290 g/mol. The Bertz CT molecular complexity index is 559. The zero-order valence-corrected chi connectivity index (χ0v) is 12.6. The van der Waals surface area contributed by atoms with Gasteiger partial charge in [-0.3, -0.25) is 0 Å². The van der Waals surface area contributed by atoms with Crippen molar-refractivity contribution in [3.8, 4) is 0 Å². The maximum absolute atomic E-state index is 11.6. The Hall–Kier alpha value is -1.62. The lowest BCUT2D eigenvalue weighted by Gasteiger charge is -2.30. The molecule has 2 unspecified atom stereocenters. The van der Waals surface area contributed by atoms with Gasteiger partial charge in [-0.1, -0.05) is 0 Å². The van der Waals surface area contributed by atoms with Gasteiger partial charge in [0.05, 0.1) is 12.1 Å². The van der Waals surface area contributed by atoms with Gasteiger partial charge in [-0.05, 0) is 50.7 Å². The van der Waals surface area contributed by atoms with Crippen molar-refractivity contribution < 1.29 is 14.6 Å². The van der Waals surface area contributed by atoms with E-state index < -0.39 is 5.97 Å². The number of rotatable bonds is 3. The molecule has 1 aromatic heterocycles. The molecule has 5 nitrogen and oxygen atoms in total. The zero-order valence-electron chi connectivity index (χ0n) is 12.6. The van der Waals surface area contributed by atoms with Gasteiger partial charge in [-0.25, -0.2) is 9.78 Å². The van der Waals surface area contributed by atoms with Crippen LogP contribution in [0.5, 0.6) is 0 Å². The number of nitrogens with zero attached hydrogens (tertiary/aromatic N) is 2. The third kappa shape index (κ3) is 2.62. The second-order valence-electron chi connectivity index (χ2n) is 6.02. The van der Waals surface area contributed by atoms with Crippen LogP contribution in [0.2, 0.25) is 0 Å². The van der Waals surface area contributed by atoms with E-state index in [4.69, 9.17) is 9.72 Å². The van der Waals surface area contributed by atoms with Crippen molar-refractivity contribution in [2.24, 2.45) is 0 Å². The summed E-state index contributed by atoms with van der Waals surface area (Å²) in [7, 11) is 1.93. The molecule has 1 saturated heterocycles. The highest BCUT2D eigenvalue weighted by molar-refractivity contribution is 5.93. The summed E-state index contributed by atoms with van der Waals surface area (Å²) >= 11 is 0. The highest BCUT2D eigenvalue weighted by Gasteiger charge is 2.31. The number of carbonyl (C=O) groups is 1. The predicted molar refractivity (Wildman–Crippen MR) is 80.1 cm³/mol. The molecule has 21 heavy (non-hydrogen) atoms. The number of pyridine rings is 1. The molecule has 0 amide bonds. The van der Waals surface area contributed by atoms with Crippen LogP contribution in [-0.4, -0.2) is 41.9 Å². The SMILES string of the molecule is CC1OCCC1N(C)c1nc2c(cc1C(=O)O)CCCC2. The summed E-state index contributed by atoms with van der Waals surface area (Å²) in [6, 6.07) is 2.02. The summed E-state index contributed by atoms with van der Waals surface area (Å²) in [6.07, 6.45) is 5.17. The van der Waals surface area contributed by atoms with Crippen LogP contribution in [0, 0.1) is 0 Å². The maximum Gasteiger partial charge on any atom is 0.339 e. The summed E-state index contributed by atoms with van der Waals surface area (Å²) in [5.74, 6) is -0.310. The lowest BCUT2D eigenvalue weighted by molar-refractivity contribution is 0.0696. The summed E-state index contributed by atoms with van der Waals surface area (Å²) in [5, 5.41) is 9.53. The second kappa shape index (κ2) is 5.64. The molecule has 2 atom stereocenters. The largest absolute Gasteiger partial charge is 0.478 e. The number of ether oxygens (including phenoxy) is 1. The Morgan fingerprint density at radius 1 is 1.43 bits per heavy atom. The van der Waals surface area contributed by atoms with E-state index in [0.29, 0.717) is 11.4 Å². The number of anilines is 1. The fourth-order valence-corrected chi connectivity index (χ4v) is 3.44. The smallest absolute Gasteiger partial charge is 0.339 e. The first kappa shape index (κ1) is 14.3. The molecule has 5 heteroatoms. The van der Waals surface area contributed by atoms with Crippen molar-refractivity contribution in [1.82, 2.24) is 4.98 Å². The van der Waals surface area contributed by atoms with Gasteiger partial charge in [0, 0.05) is 19.3 Å². The van der Waals surface area contributed by atoms with E-state index in [0.717, 1.165) is 50.0 Å². The monoisotopic (exact) mass is 290 g/mol. The summed E-state index contributed by atoms with van der Waals surface area (Å²) in [6.45, 7) is 2.76. The molecule has 0 saturated carbocycles. The van der Waals surface area contributed by atoms with Crippen LogP contribution in [-0.2, 0) is 17.6 Å². The van der Waals surface area contributed by atoms with Crippen molar-refractivity contribution in [2.75, 3.05) is 18.6 Å². The molecular formula is C16H22N2O3. The molecule has 0 radical (unpaired) electrons. The van der Waals surface area contributed by atoms with Crippen molar-refractivity contribution >= 4 is 11.8 Å². The minimum atomic E-state index is -0.899. The third-order valence-electron chi connectivity index (χ3n) is 4.68. The topological polar surface area (TPSA) is 62.7 Å². The van der Waals surface area contributed by atoms with Crippen LogP contribution in [0.3, 0.4) is 0 Å². The molecule has 114 valence electrons. The van der Waals surface area contributed by atoms with Crippen LogP contribution in [0.25, 0.3) is 0 Å². The summed E-state index contributed by atoms with van der Waals surface area (Å²) in [5.41, 5.74) is 2.49. The number of aryl methyl sites for hydroxylation is 2. The van der Waals surface area contributed by atoms with Crippen LogP contribution in [0.4, 0.5) is 5.82 Å². The van der Waals surface area contributed by atoms with Crippen molar-refractivity contribution in [3.05, 3.63) is 22.9 Å². The van der Waals surface area contributed by atoms with Gasteiger partial charge in [0.15, 0.2) is 0 Å². The van der Waals surface area contributed by atoms with Gasteiger partial charge in [-0.2, -0.15) is 0 Å². The van der Waals surface area contributed by atoms with Crippen molar-refractivity contribution in [1.29, 1.82) is 0 Å². The van der Waals surface area contributed by atoms with Crippen molar-refractivity contribution in [2.45, 2.75) is 51.2 Å². The number of aromatic nitrogens is 1. The molecule has 1 aromatic rings. The van der Waals surface area contributed by atoms with Gasteiger partial charge in [0.25, 0.3) is 0 Å². The Kier molecular flexibility index (Phi) is 3.85. The molecule has 1 N–H and O–H groups in total. The van der Waals surface area contributed by atoms with E-state index in [2.05, 4.69) is 0 Å². The normalized spacial score (nSPS) is 24.7. The minimum Gasteiger partial charge on any atom is -0.478 e.